The van der Waals surface area contributed by atoms with Gasteiger partial charge >= 0.3 is 0 Å². The van der Waals surface area contributed by atoms with Crippen LogP contribution in [0.4, 0.5) is 0 Å². The highest BCUT2D eigenvalue weighted by atomic mass is 35.5. The maximum absolute atomic E-state index is 12.1. The lowest BCUT2D eigenvalue weighted by molar-refractivity contribution is 0.0927. The maximum atomic E-state index is 12.1. The quantitative estimate of drug-likeness (QED) is 0.793. The molecule has 1 aliphatic rings. The Hall–Kier alpha value is -0.220. The van der Waals surface area contributed by atoms with Gasteiger partial charge in [-0.15, -0.1) is 0 Å². The molecule has 1 saturated heterocycles. The smallest absolute Gasteiger partial charge is 0.176 e. The van der Waals surface area contributed by atoms with E-state index >= 15 is 0 Å². The first-order chi connectivity index (χ1) is 8.58. The number of thioether (sulfide) groups is 1. The van der Waals surface area contributed by atoms with Crippen LogP contribution in [-0.2, 0) is 0 Å². The van der Waals surface area contributed by atoms with Crippen LogP contribution in [0.3, 0.4) is 0 Å². The van der Waals surface area contributed by atoms with Crippen molar-refractivity contribution >= 4 is 40.7 Å². The Morgan fingerprint density at radius 1 is 1.44 bits per heavy atom. The Labute approximate surface area is 122 Å². The van der Waals surface area contributed by atoms with Crippen LogP contribution >= 0.6 is 35.0 Å². The van der Waals surface area contributed by atoms with Crippen molar-refractivity contribution in [2.75, 3.05) is 25.1 Å². The van der Waals surface area contributed by atoms with Gasteiger partial charge in [0.25, 0.3) is 0 Å². The summed E-state index contributed by atoms with van der Waals surface area (Å²) in [5.41, 5.74) is 0.627. The molecule has 0 saturated carbocycles. The summed E-state index contributed by atoms with van der Waals surface area (Å²) < 4.78 is 0. The number of carbonyl (C=O) groups is 1. The zero-order valence-electron chi connectivity index (χ0n) is 10.2. The summed E-state index contributed by atoms with van der Waals surface area (Å²) in [6, 6.07) is 5.56. The van der Waals surface area contributed by atoms with Crippen LogP contribution in [0.1, 0.15) is 16.8 Å². The normalized spacial score (nSPS) is 19.4. The Bertz CT molecular complexity index is 447. The molecule has 0 aromatic heterocycles. The molecule has 2 rings (SSSR count). The molecule has 0 spiro atoms. The summed E-state index contributed by atoms with van der Waals surface area (Å²) in [4.78, 5) is 14.3. The standard InChI is InChI=1S/C13H15Cl2NOS/c1-16(10-4-5-18-8-10)7-13(17)9-2-3-11(14)12(15)6-9/h2-3,6,10H,4-5,7-8H2,1H3. The fraction of sp³-hybridized carbons (Fsp3) is 0.462. The molecule has 1 aromatic rings. The summed E-state index contributed by atoms with van der Waals surface area (Å²) >= 11 is 13.7. The minimum absolute atomic E-state index is 0.0907. The average Bonchev–Trinajstić information content (AvgIpc) is 2.86. The highest BCUT2D eigenvalue weighted by molar-refractivity contribution is 7.99. The van der Waals surface area contributed by atoms with E-state index in [1.165, 1.54) is 5.75 Å². The van der Waals surface area contributed by atoms with Crippen LogP contribution < -0.4 is 0 Å². The van der Waals surface area contributed by atoms with Crippen LogP contribution in [-0.4, -0.2) is 41.8 Å². The van der Waals surface area contributed by atoms with Crippen molar-refractivity contribution in [3.8, 4) is 0 Å². The van der Waals surface area contributed by atoms with Crippen LogP contribution in [0.5, 0.6) is 0 Å². The lowest BCUT2D eigenvalue weighted by atomic mass is 10.1. The van der Waals surface area contributed by atoms with E-state index in [1.807, 2.05) is 18.8 Å². The molecular weight excluding hydrogens is 289 g/mol. The van der Waals surface area contributed by atoms with Crippen molar-refractivity contribution in [3.63, 3.8) is 0 Å². The predicted molar refractivity (Wildman–Crippen MR) is 79.2 cm³/mol. The van der Waals surface area contributed by atoms with Crippen LogP contribution in [0.25, 0.3) is 0 Å². The average molecular weight is 304 g/mol. The first kappa shape index (κ1) is 14.2. The van der Waals surface area contributed by atoms with Gasteiger partial charge in [-0.2, -0.15) is 11.8 Å². The number of ketones is 1. The minimum atomic E-state index is 0.0907. The number of hydrogen-bond donors (Lipinski definition) is 0. The second-order valence-corrected chi connectivity index (χ2v) is 6.45. The summed E-state index contributed by atoms with van der Waals surface area (Å²) in [6.07, 6.45) is 1.16. The third-order valence-electron chi connectivity index (χ3n) is 3.16. The fourth-order valence-electron chi connectivity index (χ4n) is 1.99. The third kappa shape index (κ3) is 3.41. The first-order valence-corrected chi connectivity index (χ1v) is 7.75. The molecule has 18 heavy (non-hydrogen) atoms. The van der Waals surface area contributed by atoms with E-state index in [2.05, 4.69) is 4.90 Å². The highest BCUT2D eigenvalue weighted by Crippen LogP contribution is 2.24. The predicted octanol–water partition coefficient (Wildman–Crippen LogP) is 3.61. The second-order valence-electron chi connectivity index (χ2n) is 4.48. The Morgan fingerprint density at radius 2 is 2.22 bits per heavy atom. The zero-order valence-corrected chi connectivity index (χ0v) is 12.5. The molecule has 0 aliphatic carbocycles. The van der Waals surface area contributed by atoms with E-state index in [0.717, 1.165) is 12.2 Å². The van der Waals surface area contributed by atoms with Gasteiger partial charge in [0.15, 0.2) is 5.78 Å². The van der Waals surface area contributed by atoms with E-state index in [9.17, 15) is 4.79 Å². The monoisotopic (exact) mass is 303 g/mol. The molecule has 1 heterocycles. The van der Waals surface area contributed by atoms with Crippen molar-refractivity contribution in [2.45, 2.75) is 12.5 Å². The van der Waals surface area contributed by atoms with E-state index < -0.39 is 0 Å². The van der Waals surface area contributed by atoms with Gasteiger partial charge in [0.1, 0.15) is 0 Å². The number of benzene rings is 1. The number of halogens is 2. The summed E-state index contributed by atoms with van der Waals surface area (Å²) in [6.45, 7) is 0.434. The van der Waals surface area contributed by atoms with Crippen molar-refractivity contribution in [1.29, 1.82) is 0 Å². The number of likely N-dealkylation sites (N-methyl/N-ethyl adjacent to an activating group) is 1. The van der Waals surface area contributed by atoms with E-state index in [-0.39, 0.29) is 5.78 Å². The SMILES string of the molecule is CN(CC(=O)c1ccc(Cl)c(Cl)c1)C1CCSC1. The molecule has 1 fully saturated rings. The molecule has 5 heteroatoms. The number of nitrogens with zero attached hydrogens (tertiary/aromatic N) is 1. The minimum Gasteiger partial charge on any atom is -0.295 e. The molecule has 98 valence electrons. The third-order valence-corrected chi connectivity index (χ3v) is 5.05. The Kier molecular flexibility index (Phi) is 4.96. The van der Waals surface area contributed by atoms with Crippen LogP contribution in [0.15, 0.2) is 18.2 Å². The Morgan fingerprint density at radius 3 is 2.83 bits per heavy atom. The van der Waals surface area contributed by atoms with E-state index in [0.29, 0.717) is 28.2 Å². The van der Waals surface area contributed by atoms with Gasteiger partial charge in [-0.1, -0.05) is 23.2 Å². The molecule has 1 aromatic carbocycles. The molecule has 0 bridgehead atoms. The zero-order chi connectivity index (χ0) is 13.1. The molecule has 0 radical (unpaired) electrons. The first-order valence-electron chi connectivity index (χ1n) is 5.84. The van der Waals surface area contributed by atoms with Crippen molar-refractivity contribution in [3.05, 3.63) is 33.8 Å². The molecule has 1 atom stereocenters. The summed E-state index contributed by atoms with van der Waals surface area (Å²) in [5.74, 6) is 2.40. The van der Waals surface area contributed by atoms with Gasteiger partial charge in [-0.05, 0) is 37.4 Å². The van der Waals surface area contributed by atoms with Gasteiger partial charge in [0, 0.05) is 17.4 Å². The molecular formula is C13H15Cl2NOS. The highest BCUT2D eigenvalue weighted by Gasteiger charge is 2.22. The number of hydrogen-bond acceptors (Lipinski definition) is 3. The molecule has 1 unspecified atom stereocenters. The molecule has 1 aliphatic heterocycles. The number of carbonyl (C=O) groups excluding carboxylic acids is 1. The number of rotatable bonds is 4. The summed E-state index contributed by atoms with van der Waals surface area (Å²) in [7, 11) is 2.01. The second kappa shape index (κ2) is 6.29. The van der Waals surface area contributed by atoms with Gasteiger partial charge in [0.2, 0.25) is 0 Å². The van der Waals surface area contributed by atoms with Crippen molar-refractivity contribution < 1.29 is 4.79 Å². The van der Waals surface area contributed by atoms with Gasteiger partial charge in [-0.3, -0.25) is 9.69 Å². The Balaban J connectivity index is 2.00. The number of Topliss-reactive ketones (excluding diaryl/α,β-unsaturated/α-hetero) is 1. The lowest BCUT2D eigenvalue weighted by Crippen LogP contribution is -2.35. The molecule has 0 N–H and O–H groups in total. The van der Waals surface area contributed by atoms with Crippen LogP contribution in [0.2, 0.25) is 10.0 Å². The molecule has 2 nitrogen and oxygen atoms in total. The van der Waals surface area contributed by atoms with Crippen molar-refractivity contribution in [2.24, 2.45) is 0 Å². The van der Waals surface area contributed by atoms with Gasteiger partial charge < -0.3 is 0 Å². The maximum Gasteiger partial charge on any atom is 0.176 e. The lowest BCUT2D eigenvalue weighted by Gasteiger charge is -2.22. The van der Waals surface area contributed by atoms with Crippen molar-refractivity contribution in [1.82, 2.24) is 4.90 Å². The fourth-order valence-corrected chi connectivity index (χ4v) is 3.58. The summed E-state index contributed by atoms with van der Waals surface area (Å²) in [5, 5.41) is 0.912. The largest absolute Gasteiger partial charge is 0.295 e. The topological polar surface area (TPSA) is 20.3 Å². The van der Waals surface area contributed by atoms with E-state index in [4.69, 9.17) is 23.2 Å². The van der Waals surface area contributed by atoms with Gasteiger partial charge in [0.05, 0.1) is 16.6 Å². The van der Waals surface area contributed by atoms with Gasteiger partial charge in [-0.25, -0.2) is 0 Å². The van der Waals surface area contributed by atoms with E-state index in [1.54, 1.807) is 18.2 Å². The molecule has 0 amide bonds. The van der Waals surface area contributed by atoms with Crippen LogP contribution in [0, 0.1) is 0 Å².